The molecule has 1 aromatic carbocycles. The van der Waals surface area contributed by atoms with E-state index in [4.69, 9.17) is 14.5 Å². The number of carboxylic acid groups (broad SMARTS) is 1. The molecule has 6 heteroatoms. The van der Waals surface area contributed by atoms with Gasteiger partial charge < -0.3 is 19.1 Å². The van der Waals surface area contributed by atoms with Crippen LogP contribution < -0.4 is 4.74 Å². The quantitative estimate of drug-likeness (QED) is 0.524. The van der Waals surface area contributed by atoms with Gasteiger partial charge in [-0.3, -0.25) is 0 Å². The number of benzene rings is 1. The molecule has 0 saturated heterocycles. The zero-order chi connectivity index (χ0) is 23.5. The van der Waals surface area contributed by atoms with Crippen LogP contribution in [-0.2, 0) is 16.0 Å². The molecule has 0 radical (unpaired) electrons. The molecule has 1 aliphatic carbocycles. The molecular formula is C27H32N2O4. The molecule has 0 unspecified atom stereocenters. The number of carboxylic acids is 1. The number of hydrogen-bond donors (Lipinski definition) is 1. The Kier molecular flexibility index (Phi) is 5.24. The SMILES string of the molecule is Cc1nc2c(ccn2C2CC2)c(-c2ccc3c(c2C)CCCO3)c1[C@H](OC(C)(C)C)C(=O)O. The van der Waals surface area contributed by atoms with Crippen molar-refractivity contribution < 1.29 is 19.4 Å². The highest BCUT2D eigenvalue weighted by Crippen LogP contribution is 2.45. The van der Waals surface area contributed by atoms with Crippen LogP contribution in [-0.4, -0.2) is 32.8 Å². The van der Waals surface area contributed by atoms with Crippen molar-refractivity contribution in [2.75, 3.05) is 6.61 Å². The summed E-state index contributed by atoms with van der Waals surface area (Å²) in [5.41, 5.74) is 5.92. The lowest BCUT2D eigenvalue weighted by atomic mass is 9.87. The van der Waals surface area contributed by atoms with Gasteiger partial charge in [0.2, 0.25) is 0 Å². The monoisotopic (exact) mass is 448 g/mol. The standard InChI is InChI=1S/C27H32N2O4/c1-15-18-7-6-14-32-21(18)11-10-19(15)23-20-12-13-29(17-8-9-17)25(20)28-16(2)22(23)24(26(30)31)33-27(3,4)5/h10-13,17,24H,6-9,14H2,1-5H3,(H,30,31)/t24-/m0/s1. The van der Waals surface area contributed by atoms with E-state index in [2.05, 4.69) is 29.8 Å². The Bertz CT molecular complexity index is 1250. The van der Waals surface area contributed by atoms with Crippen molar-refractivity contribution in [1.29, 1.82) is 0 Å². The Labute approximate surface area is 194 Å². The molecule has 6 nitrogen and oxygen atoms in total. The number of carbonyl (C=O) groups is 1. The fourth-order valence-corrected chi connectivity index (χ4v) is 5.02. The Morgan fingerprint density at radius 2 is 2.00 bits per heavy atom. The van der Waals surface area contributed by atoms with E-state index in [0.29, 0.717) is 17.3 Å². The number of aromatic nitrogens is 2. The van der Waals surface area contributed by atoms with E-state index in [-0.39, 0.29) is 0 Å². The third kappa shape index (κ3) is 3.90. The number of hydrogen-bond acceptors (Lipinski definition) is 4. The average molecular weight is 449 g/mol. The van der Waals surface area contributed by atoms with Crippen LogP contribution >= 0.6 is 0 Å². The first-order valence-electron chi connectivity index (χ1n) is 11.8. The zero-order valence-electron chi connectivity index (χ0n) is 20.1. The molecule has 2 aliphatic rings. The number of pyridine rings is 1. The molecule has 0 spiro atoms. The first-order valence-corrected chi connectivity index (χ1v) is 11.8. The Morgan fingerprint density at radius 1 is 1.24 bits per heavy atom. The van der Waals surface area contributed by atoms with Crippen LogP contribution in [0.4, 0.5) is 0 Å². The average Bonchev–Trinajstić information content (AvgIpc) is 3.51. The van der Waals surface area contributed by atoms with E-state index in [1.54, 1.807) is 0 Å². The molecule has 0 bridgehead atoms. The highest BCUT2D eigenvalue weighted by Gasteiger charge is 2.34. The summed E-state index contributed by atoms with van der Waals surface area (Å²) in [7, 11) is 0. The third-order valence-electron chi connectivity index (χ3n) is 6.64. The van der Waals surface area contributed by atoms with E-state index in [9.17, 15) is 9.90 Å². The van der Waals surface area contributed by atoms with E-state index >= 15 is 0 Å². The molecular weight excluding hydrogens is 416 g/mol. The second-order valence-electron chi connectivity index (χ2n) is 10.3. The molecule has 0 amide bonds. The topological polar surface area (TPSA) is 73.6 Å². The molecule has 1 N–H and O–H groups in total. The van der Waals surface area contributed by atoms with Crippen molar-refractivity contribution in [2.45, 2.75) is 78.0 Å². The van der Waals surface area contributed by atoms with Gasteiger partial charge in [-0.1, -0.05) is 6.07 Å². The number of aliphatic carboxylic acids is 1. The molecule has 5 rings (SSSR count). The predicted molar refractivity (Wildman–Crippen MR) is 128 cm³/mol. The normalized spacial score (nSPS) is 17.0. The number of fused-ring (bicyclic) bond motifs is 2. The van der Waals surface area contributed by atoms with Crippen molar-refractivity contribution in [3.63, 3.8) is 0 Å². The summed E-state index contributed by atoms with van der Waals surface area (Å²) in [6.07, 6.45) is 5.23. The van der Waals surface area contributed by atoms with E-state index in [1.807, 2.05) is 33.8 Å². The van der Waals surface area contributed by atoms with Crippen LogP contribution in [0.25, 0.3) is 22.2 Å². The highest BCUT2D eigenvalue weighted by atomic mass is 16.5. The molecule has 3 aromatic rings. The Hall–Kier alpha value is -2.86. The van der Waals surface area contributed by atoms with Gasteiger partial charge in [-0.2, -0.15) is 0 Å². The second kappa shape index (κ2) is 7.87. The fraction of sp³-hybridized carbons (Fsp3) is 0.481. The van der Waals surface area contributed by atoms with Gasteiger partial charge in [-0.05, 0) is 89.1 Å². The zero-order valence-corrected chi connectivity index (χ0v) is 20.1. The Balaban J connectivity index is 1.82. The molecule has 2 aromatic heterocycles. The number of rotatable bonds is 5. The summed E-state index contributed by atoms with van der Waals surface area (Å²) in [5, 5.41) is 11.2. The lowest BCUT2D eigenvalue weighted by molar-refractivity contribution is -0.160. The summed E-state index contributed by atoms with van der Waals surface area (Å²) in [6.45, 7) is 10.4. The first kappa shape index (κ1) is 22.0. The largest absolute Gasteiger partial charge is 0.493 e. The maximum atomic E-state index is 12.5. The minimum Gasteiger partial charge on any atom is -0.493 e. The van der Waals surface area contributed by atoms with Gasteiger partial charge in [0.05, 0.1) is 12.2 Å². The first-order chi connectivity index (χ1) is 15.7. The summed E-state index contributed by atoms with van der Waals surface area (Å²) in [6, 6.07) is 6.67. The third-order valence-corrected chi connectivity index (χ3v) is 6.64. The maximum absolute atomic E-state index is 12.5. The Morgan fingerprint density at radius 3 is 2.67 bits per heavy atom. The van der Waals surface area contributed by atoms with Gasteiger partial charge in [-0.15, -0.1) is 0 Å². The van der Waals surface area contributed by atoms with Crippen molar-refractivity contribution in [3.8, 4) is 16.9 Å². The summed E-state index contributed by atoms with van der Waals surface area (Å²) in [5.74, 6) is -0.0710. The van der Waals surface area contributed by atoms with Gasteiger partial charge in [-0.25, -0.2) is 9.78 Å². The molecule has 1 aliphatic heterocycles. The van der Waals surface area contributed by atoms with Gasteiger partial charge >= 0.3 is 5.97 Å². The van der Waals surface area contributed by atoms with Crippen molar-refractivity contribution in [1.82, 2.24) is 9.55 Å². The molecule has 174 valence electrons. The van der Waals surface area contributed by atoms with E-state index in [0.717, 1.165) is 65.8 Å². The lowest BCUT2D eigenvalue weighted by Crippen LogP contribution is -2.28. The number of nitrogens with zero attached hydrogens (tertiary/aromatic N) is 2. The molecule has 1 saturated carbocycles. The van der Waals surface area contributed by atoms with Crippen LogP contribution in [0.5, 0.6) is 5.75 Å². The van der Waals surface area contributed by atoms with Crippen molar-refractivity contribution in [3.05, 3.63) is 46.8 Å². The molecule has 1 atom stereocenters. The number of ether oxygens (including phenoxy) is 2. The van der Waals surface area contributed by atoms with Gasteiger partial charge in [0.15, 0.2) is 6.10 Å². The minimum absolute atomic E-state index is 0.479. The van der Waals surface area contributed by atoms with Crippen LogP contribution in [0.15, 0.2) is 24.4 Å². The van der Waals surface area contributed by atoms with Crippen LogP contribution in [0.1, 0.15) is 74.6 Å². The van der Waals surface area contributed by atoms with Gasteiger partial charge in [0, 0.05) is 34.4 Å². The van der Waals surface area contributed by atoms with Gasteiger partial charge in [0.25, 0.3) is 0 Å². The lowest BCUT2D eigenvalue weighted by Gasteiger charge is -2.29. The maximum Gasteiger partial charge on any atom is 0.337 e. The van der Waals surface area contributed by atoms with E-state index < -0.39 is 17.7 Å². The smallest absolute Gasteiger partial charge is 0.337 e. The molecule has 3 heterocycles. The van der Waals surface area contributed by atoms with Crippen LogP contribution in [0, 0.1) is 13.8 Å². The van der Waals surface area contributed by atoms with Gasteiger partial charge in [0.1, 0.15) is 11.4 Å². The summed E-state index contributed by atoms with van der Waals surface area (Å²) >= 11 is 0. The van der Waals surface area contributed by atoms with Crippen molar-refractivity contribution >= 4 is 17.0 Å². The second-order valence-corrected chi connectivity index (χ2v) is 10.3. The fourth-order valence-electron chi connectivity index (χ4n) is 5.02. The van der Waals surface area contributed by atoms with Crippen molar-refractivity contribution in [2.24, 2.45) is 0 Å². The summed E-state index contributed by atoms with van der Waals surface area (Å²) in [4.78, 5) is 17.4. The van der Waals surface area contributed by atoms with Crippen LogP contribution in [0.2, 0.25) is 0 Å². The molecule has 1 fully saturated rings. The highest BCUT2D eigenvalue weighted by molar-refractivity contribution is 5.99. The number of aryl methyl sites for hydroxylation is 1. The van der Waals surface area contributed by atoms with E-state index in [1.165, 1.54) is 5.56 Å². The minimum atomic E-state index is -1.12. The predicted octanol–water partition coefficient (Wildman–Crippen LogP) is 5.92. The molecule has 33 heavy (non-hydrogen) atoms. The van der Waals surface area contributed by atoms with Crippen LogP contribution in [0.3, 0.4) is 0 Å². The summed E-state index contributed by atoms with van der Waals surface area (Å²) < 4.78 is 14.3.